The Bertz CT molecular complexity index is 1450. The van der Waals surface area contributed by atoms with Crippen molar-refractivity contribution >= 4 is 34.8 Å². The van der Waals surface area contributed by atoms with E-state index in [4.69, 9.17) is 4.74 Å². The molecule has 2 unspecified atom stereocenters. The quantitative estimate of drug-likeness (QED) is 0.355. The van der Waals surface area contributed by atoms with Gasteiger partial charge in [0.15, 0.2) is 0 Å². The van der Waals surface area contributed by atoms with Crippen LogP contribution in [-0.4, -0.2) is 62.7 Å². The van der Waals surface area contributed by atoms with Crippen molar-refractivity contribution in [2.75, 3.05) is 30.8 Å². The summed E-state index contributed by atoms with van der Waals surface area (Å²) >= 11 is 0. The fraction of sp³-hybridized carbons (Fsp3) is 0.452. The molecule has 2 amide bonds. The average Bonchev–Trinajstić information content (AvgIpc) is 3.53. The highest BCUT2D eigenvalue weighted by atomic mass is 16.5. The van der Waals surface area contributed by atoms with E-state index in [1.165, 1.54) is 0 Å². The minimum Gasteiger partial charge on any atom is -0.481 e. The summed E-state index contributed by atoms with van der Waals surface area (Å²) in [6, 6.07) is 3.99. The molecule has 10 heteroatoms. The van der Waals surface area contributed by atoms with E-state index in [-0.39, 0.29) is 17.7 Å². The first-order valence-corrected chi connectivity index (χ1v) is 14.2. The number of rotatable bonds is 10. The SMILES string of the molecule is CCC(C)/C(=C\c1cc(C(=O)Nc2cc(NC(=O)CN3CCCC3C)cnc2C)cnc1C)c1cnn(C)c1OC. The van der Waals surface area contributed by atoms with Crippen LogP contribution in [0.25, 0.3) is 11.6 Å². The van der Waals surface area contributed by atoms with E-state index in [1.54, 1.807) is 30.3 Å². The van der Waals surface area contributed by atoms with E-state index in [0.29, 0.717) is 41.1 Å². The maximum Gasteiger partial charge on any atom is 0.257 e. The van der Waals surface area contributed by atoms with E-state index in [2.05, 4.69) is 57.4 Å². The number of likely N-dealkylation sites (tertiary alicyclic amines) is 1. The lowest BCUT2D eigenvalue weighted by atomic mass is 9.91. The monoisotopic (exact) mass is 559 g/mol. The Morgan fingerprint density at radius 2 is 1.90 bits per heavy atom. The van der Waals surface area contributed by atoms with Crippen molar-refractivity contribution in [2.45, 2.75) is 59.9 Å². The molecule has 4 heterocycles. The first-order chi connectivity index (χ1) is 19.6. The fourth-order valence-corrected chi connectivity index (χ4v) is 5.09. The Kier molecular flexibility index (Phi) is 9.54. The van der Waals surface area contributed by atoms with Crippen LogP contribution < -0.4 is 15.4 Å². The number of methoxy groups -OCH3 is 1. The van der Waals surface area contributed by atoms with Gasteiger partial charge in [-0.1, -0.05) is 13.8 Å². The van der Waals surface area contributed by atoms with Crippen molar-refractivity contribution < 1.29 is 14.3 Å². The zero-order chi connectivity index (χ0) is 29.7. The Morgan fingerprint density at radius 3 is 2.59 bits per heavy atom. The van der Waals surface area contributed by atoms with Gasteiger partial charge in [0.05, 0.1) is 54.2 Å². The van der Waals surface area contributed by atoms with Gasteiger partial charge in [-0.2, -0.15) is 5.10 Å². The van der Waals surface area contributed by atoms with E-state index < -0.39 is 0 Å². The molecule has 0 aromatic carbocycles. The minimum absolute atomic E-state index is 0.0943. The van der Waals surface area contributed by atoms with Gasteiger partial charge in [0.2, 0.25) is 11.8 Å². The summed E-state index contributed by atoms with van der Waals surface area (Å²) in [5.74, 6) is 0.505. The van der Waals surface area contributed by atoms with Gasteiger partial charge in [0.1, 0.15) is 0 Å². The highest BCUT2D eigenvalue weighted by Crippen LogP contribution is 2.34. The average molecular weight is 560 g/mol. The van der Waals surface area contributed by atoms with Crippen LogP contribution in [0.2, 0.25) is 0 Å². The predicted octanol–water partition coefficient (Wildman–Crippen LogP) is 5.10. The zero-order valence-electron chi connectivity index (χ0n) is 25.1. The second-order valence-electron chi connectivity index (χ2n) is 10.8. The fourth-order valence-electron chi connectivity index (χ4n) is 5.09. The van der Waals surface area contributed by atoms with Gasteiger partial charge in [-0.15, -0.1) is 0 Å². The standard InChI is InChI=1S/C31H41N7O3/c1-8-19(2)26(27-17-34-37(6)31(27)41-7)13-23-12-24(15-32-21(23)4)30(40)36-28-14-25(16-33-22(28)5)35-29(39)18-38-11-9-10-20(38)3/h12-17,19-20H,8-11,18H2,1-7H3,(H,35,39)(H,36,40)/b26-13+. The lowest BCUT2D eigenvalue weighted by molar-refractivity contribution is -0.117. The van der Waals surface area contributed by atoms with E-state index in [1.807, 2.05) is 33.2 Å². The maximum atomic E-state index is 13.4. The van der Waals surface area contributed by atoms with Crippen molar-refractivity contribution in [1.82, 2.24) is 24.6 Å². The van der Waals surface area contributed by atoms with Crippen LogP contribution in [0, 0.1) is 19.8 Å². The van der Waals surface area contributed by atoms with Crippen molar-refractivity contribution in [1.29, 1.82) is 0 Å². The number of amides is 2. The molecular formula is C31H41N7O3. The first-order valence-electron chi connectivity index (χ1n) is 14.2. The molecule has 0 aliphatic carbocycles. The molecule has 3 aromatic rings. The van der Waals surface area contributed by atoms with Crippen LogP contribution in [0.1, 0.15) is 72.9 Å². The summed E-state index contributed by atoms with van der Waals surface area (Å²) in [6.07, 6.45) is 10.2. The summed E-state index contributed by atoms with van der Waals surface area (Å²) < 4.78 is 7.32. The predicted molar refractivity (Wildman–Crippen MR) is 162 cm³/mol. The van der Waals surface area contributed by atoms with E-state index >= 15 is 0 Å². The number of carbonyl (C=O) groups is 2. The number of aromatic nitrogens is 4. The summed E-state index contributed by atoms with van der Waals surface area (Å²) in [4.78, 5) is 37.1. The largest absolute Gasteiger partial charge is 0.481 e. The Labute approximate surface area is 242 Å². The molecule has 0 bridgehead atoms. The number of pyridine rings is 2. The molecule has 2 atom stereocenters. The molecule has 218 valence electrons. The smallest absolute Gasteiger partial charge is 0.257 e. The molecule has 1 aliphatic rings. The highest BCUT2D eigenvalue weighted by molar-refractivity contribution is 6.05. The molecular weight excluding hydrogens is 518 g/mol. The van der Waals surface area contributed by atoms with Crippen LogP contribution >= 0.6 is 0 Å². The molecule has 41 heavy (non-hydrogen) atoms. The van der Waals surface area contributed by atoms with E-state index in [0.717, 1.165) is 48.2 Å². The molecule has 1 aliphatic heterocycles. The highest BCUT2D eigenvalue weighted by Gasteiger charge is 2.23. The third-order valence-electron chi connectivity index (χ3n) is 7.89. The number of allylic oxidation sites excluding steroid dienone is 1. The summed E-state index contributed by atoms with van der Waals surface area (Å²) in [7, 11) is 3.48. The summed E-state index contributed by atoms with van der Waals surface area (Å²) in [5.41, 5.74) is 5.75. The van der Waals surface area contributed by atoms with Gasteiger partial charge in [-0.05, 0) is 81.8 Å². The Hall–Kier alpha value is -4.05. The number of carbonyl (C=O) groups excluding carboxylic acids is 2. The lowest BCUT2D eigenvalue weighted by Crippen LogP contribution is -2.35. The number of aryl methyl sites for hydroxylation is 3. The number of hydrogen-bond acceptors (Lipinski definition) is 7. The minimum atomic E-state index is -0.310. The van der Waals surface area contributed by atoms with Crippen molar-refractivity contribution in [3.05, 3.63) is 58.8 Å². The molecule has 1 saturated heterocycles. The second-order valence-corrected chi connectivity index (χ2v) is 10.8. The van der Waals surface area contributed by atoms with Crippen LogP contribution in [0.3, 0.4) is 0 Å². The number of hydrogen-bond donors (Lipinski definition) is 2. The van der Waals surface area contributed by atoms with Gasteiger partial charge in [-0.25, -0.2) is 4.68 Å². The van der Waals surface area contributed by atoms with Crippen LogP contribution in [0.4, 0.5) is 11.4 Å². The van der Waals surface area contributed by atoms with Crippen LogP contribution in [-0.2, 0) is 11.8 Å². The Morgan fingerprint density at radius 1 is 1.15 bits per heavy atom. The number of anilines is 2. The van der Waals surface area contributed by atoms with Crippen LogP contribution in [0.5, 0.6) is 5.88 Å². The zero-order valence-corrected chi connectivity index (χ0v) is 25.1. The topological polar surface area (TPSA) is 114 Å². The molecule has 0 radical (unpaired) electrons. The molecule has 2 N–H and O–H groups in total. The molecule has 1 fully saturated rings. The number of ether oxygens (including phenoxy) is 1. The Balaban J connectivity index is 1.55. The van der Waals surface area contributed by atoms with Gasteiger partial charge in [0, 0.05) is 25.0 Å². The van der Waals surface area contributed by atoms with E-state index in [9.17, 15) is 9.59 Å². The van der Waals surface area contributed by atoms with Crippen LogP contribution in [0.15, 0.2) is 30.7 Å². The normalized spacial score (nSPS) is 16.5. The third-order valence-corrected chi connectivity index (χ3v) is 7.89. The molecule has 0 saturated carbocycles. The third kappa shape index (κ3) is 7.00. The van der Waals surface area contributed by atoms with Crippen molar-refractivity contribution in [3.8, 4) is 5.88 Å². The number of nitrogens with zero attached hydrogens (tertiary/aromatic N) is 5. The van der Waals surface area contributed by atoms with Gasteiger partial charge < -0.3 is 15.4 Å². The molecule has 10 nitrogen and oxygen atoms in total. The summed E-state index contributed by atoms with van der Waals surface area (Å²) in [6.45, 7) is 11.4. The van der Waals surface area contributed by atoms with Gasteiger partial charge >= 0.3 is 0 Å². The van der Waals surface area contributed by atoms with Crippen molar-refractivity contribution in [3.63, 3.8) is 0 Å². The summed E-state index contributed by atoms with van der Waals surface area (Å²) in [5, 5.41) is 10.2. The second kappa shape index (κ2) is 13.1. The van der Waals surface area contributed by atoms with Gasteiger partial charge in [-0.3, -0.25) is 24.5 Å². The molecule has 0 spiro atoms. The lowest BCUT2D eigenvalue weighted by Gasteiger charge is -2.20. The molecule has 4 rings (SSSR count). The van der Waals surface area contributed by atoms with Crippen molar-refractivity contribution in [2.24, 2.45) is 13.0 Å². The maximum absolute atomic E-state index is 13.4. The first kappa shape index (κ1) is 29.9. The molecule has 3 aromatic heterocycles. The number of nitrogens with one attached hydrogen (secondary N) is 2. The van der Waals surface area contributed by atoms with Gasteiger partial charge in [0.25, 0.3) is 5.91 Å².